The minimum absolute atomic E-state index is 0.237. The normalized spacial score (nSPS) is 9.83. The molecule has 90 valence electrons. The highest BCUT2D eigenvalue weighted by Gasteiger charge is 2.02. The van der Waals surface area contributed by atoms with Gasteiger partial charge in [-0.1, -0.05) is 23.7 Å². The zero-order valence-corrected chi connectivity index (χ0v) is 10.1. The maximum Gasteiger partial charge on any atom is 0.128 e. The molecular weight excluding hydrogens is 253 g/mol. The van der Waals surface area contributed by atoms with Gasteiger partial charge in [0, 0.05) is 11.1 Å². The number of benzene rings is 2. The molecule has 0 radical (unpaired) electrons. The number of ether oxygens (including phenoxy) is 1. The monoisotopic (exact) mass is 261 g/mol. The highest BCUT2D eigenvalue weighted by atomic mass is 35.5. The lowest BCUT2D eigenvalue weighted by Crippen LogP contribution is -1.96. The molecule has 0 aliphatic rings. The second kappa shape index (κ2) is 5.52. The SMILES string of the molecule is N#Cc1cc(F)cc(OCc2ccc(Cl)cc2)c1. The van der Waals surface area contributed by atoms with E-state index in [9.17, 15) is 4.39 Å². The second-order valence-electron chi connectivity index (χ2n) is 3.70. The van der Waals surface area contributed by atoms with E-state index in [1.54, 1.807) is 12.1 Å². The predicted molar refractivity (Wildman–Crippen MR) is 66.9 cm³/mol. The largest absolute Gasteiger partial charge is 0.489 e. The first-order valence-electron chi connectivity index (χ1n) is 5.25. The van der Waals surface area contributed by atoms with Crippen molar-refractivity contribution in [2.75, 3.05) is 0 Å². The van der Waals surface area contributed by atoms with Crippen LogP contribution in [0.4, 0.5) is 4.39 Å². The lowest BCUT2D eigenvalue weighted by atomic mass is 10.2. The lowest BCUT2D eigenvalue weighted by Gasteiger charge is -2.06. The van der Waals surface area contributed by atoms with Crippen LogP contribution in [0.25, 0.3) is 0 Å². The molecule has 0 spiro atoms. The Kier molecular flexibility index (Phi) is 3.81. The molecule has 0 aliphatic heterocycles. The van der Waals surface area contributed by atoms with Gasteiger partial charge in [-0.15, -0.1) is 0 Å². The van der Waals surface area contributed by atoms with Crippen LogP contribution in [0.3, 0.4) is 0 Å². The summed E-state index contributed by atoms with van der Waals surface area (Å²) in [4.78, 5) is 0. The van der Waals surface area contributed by atoms with Crippen LogP contribution in [0, 0.1) is 17.1 Å². The van der Waals surface area contributed by atoms with E-state index in [4.69, 9.17) is 21.6 Å². The average Bonchev–Trinajstić information content (AvgIpc) is 2.37. The van der Waals surface area contributed by atoms with Crippen molar-refractivity contribution in [3.05, 3.63) is 64.4 Å². The molecule has 0 saturated carbocycles. The minimum Gasteiger partial charge on any atom is -0.489 e. The van der Waals surface area contributed by atoms with Gasteiger partial charge in [0.1, 0.15) is 18.2 Å². The third kappa shape index (κ3) is 3.22. The summed E-state index contributed by atoms with van der Waals surface area (Å²) in [6.45, 7) is 0.297. The van der Waals surface area contributed by atoms with Crippen LogP contribution >= 0.6 is 11.6 Å². The Bertz CT molecular complexity index is 590. The Morgan fingerprint density at radius 1 is 1.17 bits per heavy atom. The van der Waals surface area contributed by atoms with Crippen LogP contribution < -0.4 is 4.74 Å². The van der Waals surface area contributed by atoms with Gasteiger partial charge in [0.05, 0.1) is 11.6 Å². The molecule has 2 aromatic rings. The van der Waals surface area contributed by atoms with E-state index in [-0.39, 0.29) is 5.56 Å². The summed E-state index contributed by atoms with van der Waals surface area (Å²) in [7, 11) is 0. The van der Waals surface area contributed by atoms with Crippen LogP contribution in [0.15, 0.2) is 42.5 Å². The van der Waals surface area contributed by atoms with E-state index >= 15 is 0 Å². The molecule has 0 bridgehead atoms. The fourth-order valence-electron chi connectivity index (χ4n) is 1.46. The van der Waals surface area contributed by atoms with Crippen LogP contribution in [0.2, 0.25) is 5.02 Å². The second-order valence-corrected chi connectivity index (χ2v) is 4.14. The summed E-state index contributed by atoms with van der Waals surface area (Å²) >= 11 is 5.76. The number of hydrogen-bond donors (Lipinski definition) is 0. The number of rotatable bonds is 3. The summed E-state index contributed by atoms with van der Waals surface area (Å²) in [5, 5.41) is 9.36. The third-order valence-corrected chi connectivity index (χ3v) is 2.57. The number of nitrogens with zero attached hydrogens (tertiary/aromatic N) is 1. The molecule has 2 aromatic carbocycles. The standard InChI is InChI=1S/C14H9ClFNO/c15-12-3-1-10(2-4-12)9-18-14-6-11(8-17)5-13(16)7-14/h1-7H,9H2. The first-order valence-corrected chi connectivity index (χ1v) is 5.63. The molecule has 4 heteroatoms. The van der Waals surface area contributed by atoms with Crippen molar-refractivity contribution in [1.82, 2.24) is 0 Å². The van der Waals surface area contributed by atoms with Crippen LogP contribution in [-0.4, -0.2) is 0 Å². The van der Waals surface area contributed by atoms with Gasteiger partial charge >= 0.3 is 0 Å². The van der Waals surface area contributed by atoms with Crippen LogP contribution in [-0.2, 0) is 6.61 Å². The Balaban J connectivity index is 2.08. The van der Waals surface area contributed by atoms with Crippen LogP contribution in [0.5, 0.6) is 5.75 Å². The Morgan fingerprint density at radius 3 is 2.56 bits per heavy atom. The van der Waals surface area contributed by atoms with E-state index in [2.05, 4.69) is 0 Å². The van der Waals surface area contributed by atoms with Crippen molar-refractivity contribution in [2.45, 2.75) is 6.61 Å². The molecule has 0 aliphatic carbocycles. The van der Waals surface area contributed by atoms with Crippen molar-refractivity contribution in [2.24, 2.45) is 0 Å². The van der Waals surface area contributed by atoms with Gasteiger partial charge < -0.3 is 4.74 Å². The van der Waals surface area contributed by atoms with Gasteiger partial charge in [-0.25, -0.2) is 4.39 Å². The Labute approximate surface area is 109 Å². The van der Waals surface area contributed by atoms with Gasteiger partial charge in [-0.05, 0) is 29.8 Å². The van der Waals surface area contributed by atoms with E-state index in [1.165, 1.54) is 12.1 Å². The lowest BCUT2D eigenvalue weighted by molar-refractivity contribution is 0.304. The molecule has 18 heavy (non-hydrogen) atoms. The molecule has 0 heterocycles. The van der Waals surface area contributed by atoms with E-state index in [0.29, 0.717) is 17.4 Å². The number of halogens is 2. The molecule has 0 fully saturated rings. The van der Waals surface area contributed by atoms with E-state index in [0.717, 1.165) is 11.6 Å². The maximum atomic E-state index is 13.1. The van der Waals surface area contributed by atoms with Gasteiger partial charge in [0.15, 0.2) is 0 Å². The van der Waals surface area contributed by atoms with Gasteiger partial charge in [-0.2, -0.15) is 5.26 Å². The molecule has 0 unspecified atom stereocenters. The van der Waals surface area contributed by atoms with Crippen LogP contribution in [0.1, 0.15) is 11.1 Å². The fourth-order valence-corrected chi connectivity index (χ4v) is 1.58. The zero-order valence-electron chi connectivity index (χ0n) is 9.36. The van der Waals surface area contributed by atoms with Crippen molar-refractivity contribution in [3.63, 3.8) is 0 Å². The van der Waals surface area contributed by atoms with Crippen molar-refractivity contribution < 1.29 is 9.13 Å². The summed E-state index contributed by atoms with van der Waals surface area (Å²) < 4.78 is 18.6. The number of hydrogen-bond acceptors (Lipinski definition) is 2. The topological polar surface area (TPSA) is 33.0 Å². The highest BCUT2D eigenvalue weighted by Crippen LogP contribution is 2.18. The van der Waals surface area contributed by atoms with E-state index in [1.807, 2.05) is 18.2 Å². The molecule has 0 atom stereocenters. The van der Waals surface area contributed by atoms with Gasteiger partial charge in [-0.3, -0.25) is 0 Å². The molecule has 0 saturated heterocycles. The molecular formula is C14H9ClFNO. The first-order chi connectivity index (χ1) is 8.67. The predicted octanol–water partition coefficient (Wildman–Crippen LogP) is 3.93. The van der Waals surface area contributed by atoms with Crippen molar-refractivity contribution in [3.8, 4) is 11.8 Å². The Morgan fingerprint density at radius 2 is 1.89 bits per heavy atom. The fraction of sp³-hybridized carbons (Fsp3) is 0.0714. The average molecular weight is 262 g/mol. The van der Waals surface area contributed by atoms with Crippen molar-refractivity contribution in [1.29, 1.82) is 5.26 Å². The third-order valence-electron chi connectivity index (χ3n) is 2.32. The molecule has 2 rings (SSSR count). The Hall–Kier alpha value is -2.05. The zero-order chi connectivity index (χ0) is 13.0. The van der Waals surface area contributed by atoms with E-state index < -0.39 is 5.82 Å². The quantitative estimate of drug-likeness (QED) is 0.839. The highest BCUT2D eigenvalue weighted by molar-refractivity contribution is 6.30. The minimum atomic E-state index is -0.486. The molecule has 0 aromatic heterocycles. The van der Waals surface area contributed by atoms with Crippen molar-refractivity contribution >= 4 is 11.6 Å². The molecule has 0 N–H and O–H groups in total. The molecule has 2 nitrogen and oxygen atoms in total. The summed E-state index contributed by atoms with van der Waals surface area (Å²) in [5.74, 6) is -0.151. The molecule has 0 amide bonds. The van der Waals surface area contributed by atoms with Gasteiger partial charge in [0.25, 0.3) is 0 Å². The summed E-state index contributed by atoms with van der Waals surface area (Å²) in [5.41, 5.74) is 1.16. The number of nitriles is 1. The summed E-state index contributed by atoms with van der Waals surface area (Å²) in [6, 6.07) is 12.9. The smallest absolute Gasteiger partial charge is 0.128 e. The summed E-state index contributed by atoms with van der Waals surface area (Å²) in [6.07, 6.45) is 0. The first kappa shape index (κ1) is 12.4. The van der Waals surface area contributed by atoms with Gasteiger partial charge in [0.2, 0.25) is 0 Å². The maximum absolute atomic E-state index is 13.1.